The van der Waals surface area contributed by atoms with Gasteiger partial charge in [-0.2, -0.15) is 13.7 Å². The highest BCUT2D eigenvalue weighted by molar-refractivity contribution is 6.22. The van der Waals surface area contributed by atoms with Gasteiger partial charge in [0.05, 0.1) is 22.1 Å². The summed E-state index contributed by atoms with van der Waals surface area (Å²) in [6.45, 7) is 3.67. The van der Waals surface area contributed by atoms with Crippen molar-refractivity contribution in [2.75, 3.05) is 0 Å². The molecule has 7 aromatic heterocycles. The minimum atomic E-state index is -2.37. The first-order valence-electron chi connectivity index (χ1n) is 33.3. The minimum Gasteiger partial charge on any atom is -0.449 e. The van der Waals surface area contributed by atoms with Crippen molar-refractivity contribution in [2.24, 2.45) is 21.1 Å². The first kappa shape index (κ1) is 54.9. The largest absolute Gasteiger partial charge is 0.449 e. The van der Waals surface area contributed by atoms with E-state index in [0.717, 1.165) is 66.4 Å². The van der Waals surface area contributed by atoms with Gasteiger partial charge in [-0.25, -0.2) is 4.98 Å². The Kier molecular flexibility index (Phi) is 14.7. The molecule has 0 N–H and O–H groups in total. The number of aromatic nitrogens is 4. The topological polar surface area (TPSA) is 64.0 Å². The molecule has 0 radical (unpaired) electrons. The molecule has 17 aromatic rings. The second-order valence-corrected chi connectivity index (χ2v) is 23.7. The molecular formula is C86H79N4O3+3. The van der Waals surface area contributed by atoms with Gasteiger partial charge in [0.15, 0.2) is 18.6 Å². The molecule has 7 nitrogen and oxygen atoms in total. The van der Waals surface area contributed by atoms with Crippen molar-refractivity contribution in [2.45, 2.75) is 63.7 Å². The number of benzene rings is 10. The fourth-order valence-electron chi connectivity index (χ4n) is 13.3. The summed E-state index contributed by atoms with van der Waals surface area (Å²) in [5.74, 6) is 0. The van der Waals surface area contributed by atoms with E-state index in [2.05, 4.69) is 237 Å². The summed E-state index contributed by atoms with van der Waals surface area (Å²) in [5, 5.41) is 12.5. The zero-order chi connectivity index (χ0) is 66.5. The Bertz CT molecular complexity index is 5960. The predicted molar refractivity (Wildman–Crippen MR) is 391 cm³/mol. The number of nitrogens with zero attached hydrogens (tertiary/aromatic N) is 4. The summed E-state index contributed by atoms with van der Waals surface area (Å²) in [6, 6.07) is 75.2. The Morgan fingerprint density at radius 3 is 1.40 bits per heavy atom. The lowest BCUT2D eigenvalue weighted by atomic mass is 9.97. The SMILES string of the molecule is C.C.C.Cc1ccc(-c2ccc3c(ccc4oc5c(-c6ccccc6C)[n+](C)ccc5c43)c2)cc1.Cc1ccccc1-c1c2oc3ccc4cc(-c5ccccc5)ccc4c3c2cc[n+]1C.[2H]C([2H])([2H])c1ccc(-c2c3oc4ncc5ccccc5c4c3c(C([2H])([2H])[2H])c[n+]2C)c(C)c1. The lowest BCUT2D eigenvalue weighted by Gasteiger charge is -2.07. The maximum atomic E-state index is 8.18. The highest BCUT2D eigenvalue weighted by Crippen LogP contribution is 2.43. The van der Waals surface area contributed by atoms with Crippen LogP contribution in [-0.2, 0) is 21.1 Å². The summed E-state index contributed by atoms with van der Waals surface area (Å²) in [5.41, 5.74) is 20.4. The molecule has 10 aromatic carbocycles. The Labute approximate surface area is 553 Å². The Balaban J connectivity index is 0.000000139. The van der Waals surface area contributed by atoms with Gasteiger partial charge in [-0.05, 0) is 150 Å². The minimum absolute atomic E-state index is 0. The summed E-state index contributed by atoms with van der Waals surface area (Å²) in [6.07, 6.45) is 7.60. The van der Waals surface area contributed by atoms with Crippen LogP contribution >= 0.6 is 0 Å². The zero-order valence-corrected chi connectivity index (χ0v) is 51.1. The molecule has 7 heterocycles. The van der Waals surface area contributed by atoms with Crippen LogP contribution in [0.25, 0.3) is 154 Å². The van der Waals surface area contributed by atoms with Gasteiger partial charge in [0.25, 0.3) is 17.1 Å². The van der Waals surface area contributed by atoms with Crippen LogP contribution < -0.4 is 13.7 Å². The lowest BCUT2D eigenvalue weighted by molar-refractivity contribution is -0.659. The molecule has 0 aliphatic heterocycles. The quantitative estimate of drug-likeness (QED) is 0.161. The molecule has 0 atom stereocenters. The van der Waals surface area contributed by atoms with Gasteiger partial charge in [-0.15, -0.1) is 0 Å². The summed E-state index contributed by atoms with van der Waals surface area (Å²) >= 11 is 0. The van der Waals surface area contributed by atoms with Crippen molar-refractivity contribution < 1.29 is 35.2 Å². The van der Waals surface area contributed by atoms with Gasteiger partial charge in [0, 0.05) is 64.4 Å². The number of pyridine rings is 4. The number of furan rings is 3. The molecular weight excluding hydrogens is 1140 g/mol. The molecule has 93 heavy (non-hydrogen) atoms. The molecule has 458 valence electrons. The van der Waals surface area contributed by atoms with E-state index in [4.69, 9.17) is 21.5 Å². The fourth-order valence-corrected chi connectivity index (χ4v) is 13.3. The van der Waals surface area contributed by atoms with Crippen molar-refractivity contribution in [3.63, 3.8) is 0 Å². The lowest BCUT2D eigenvalue weighted by Crippen LogP contribution is -2.31. The van der Waals surface area contributed by atoms with Gasteiger partial charge in [-0.3, -0.25) is 0 Å². The van der Waals surface area contributed by atoms with Crippen molar-refractivity contribution in [3.05, 3.63) is 277 Å². The van der Waals surface area contributed by atoms with Crippen LogP contribution in [0, 0.1) is 41.4 Å². The monoisotopic (exact) mass is 1220 g/mol. The molecule has 0 saturated heterocycles. The average molecular weight is 1220 g/mol. The molecule has 0 unspecified atom stereocenters. The number of hydrogen-bond acceptors (Lipinski definition) is 4. The fraction of sp³-hybridized carbons (Fsp3) is 0.140. The Morgan fingerprint density at radius 1 is 0.344 bits per heavy atom. The number of fused-ring (bicyclic) bond motifs is 15. The van der Waals surface area contributed by atoms with Gasteiger partial charge < -0.3 is 13.3 Å². The molecule has 0 aliphatic rings. The maximum absolute atomic E-state index is 8.18. The van der Waals surface area contributed by atoms with Crippen LogP contribution in [0.1, 0.15) is 63.9 Å². The highest BCUT2D eigenvalue weighted by atomic mass is 16.3. The molecule has 0 spiro atoms. The highest BCUT2D eigenvalue weighted by Gasteiger charge is 2.28. The van der Waals surface area contributed by atoms with E-state index >= 15 is 0 Å². The summed E-state index contributed by atoms with van der Waals surface area (Å²) < 4.78 is 72.9. The normalized spacial score (nSPS) is 12.5. The summed E-state index contributed by atoms with van der Waals surface area (Å²) in [7, 11) is 5.93. The standard InChI is InChI=1S/C30H24NO.C29H22NO.C24H21N2O.3CH4/c1-19-8-10-21(11-9-19)22-12-14-25-23(18-22)13-15-27-28(25)26-16-17-31(3)29(30(26)32-27)24-7-5-4-6-20(24)2;1-19-8-6-7-11-23(19)28-29-25(16-17-30(28)2)27-24-14-12-21(20-9-4-3-5-10-20)18-22(24)13-15-26(27)31-29;1-14-9-10-18(15(2)11-14)22-23-20(16(3)13-26(22)4)21-19-8-6-5-7-17(19)12-25-24(21)27-23;;;/h4-18H,1-3H3;3-18H,1-2H3;5-13H,1-4H3;3*1H4/q3*+1;;;/i;;1D3,3D3;;;. The van der Waals surface area contributed by atoms with Crippen LogP contribution in [0.5, 0.6) is 0 Å². The average Bonchev–Trinajstić information content (AvgIpc) is 1.60. The number of rotatable bonds is 5. The second kappa shape index (κ2) is 25.0. The predicted octanol–water partition coefficient (Wildman–Crippen LogP) is 22.2. The molecule has 0 saturated carbocycles. The van der Waals surface area contributed by atoms with E-state index in [1.165, 1.54) is 82.4 Å². The van der Waals surface area contributed by atoms with Crippen molar-refractivity contribution >= 4 is 98.3 Å². The third-order valence-electron chi connectivity index (χ3n) is 17.9. The van der Waals surface area contributed by atoms with E-state index in [0.29, 0.717) is 27.8 Å². The van der Waals surface area contributed by atoms with Gasteiger partial charge in [0.2, 0.25) is 22.5 Å². The molecule has 0 aliphatic carbocycles. The van der Waals surface area contributed by atoms with Crippen molar-refractivity contribution in [1.29, 1.82) is 0 Å². The van der Waals surface area contributed by atoms with E-state index in [1.54, 1.807) is 42.2 Å². The molecule has 0 amide bonds. The van der Waals surface area contributed by atoms with E-state index in [1.807, 2.05) is 31.2 Å². The van der Waals surface area contributed by atoms with Gasteiger partial charge >= 0.3 is 0 Å². The van der Waals surface area contributed by atoms with E-state index in [-0.39, 0.29) is 33.4 Å². The number of hydrogen-bond donors (Lipinski definition) is 0. The molecule has 17 rings (SSSR count). The number of aryl methyl sites for hydroxylation is 9. The molecule has 7 heteroatoms. The Morgan fingerprint density at radius 2 is 0.839 bits per heavy atom. The van der Waals surface area contributed by atoms with Crippen molar-refractivity contribution in [1.82, 2.24) is 4.98 Å². The van der Waals surface area contributed by atoms with Crippen molar-refractivity contribution in [3.8, 4) is 56.0 Å². The first-order chi connectivity index (χ1) is 46.3. The maximum Gasteiger partial charge on any atom is 0.256 e. The third kappa shape index (κ3) is 10.8. The second-order valence-electron chi connectivity index (χ2n) is 23.7. The smallest absolute Gasteiger partial charge is 0.256 e. The third-order valence-corrected chi connectivity index (χ3v) is 17.9. The van der Waals surface area contributed by atoms with E-state index < -0.39 is 13.7 Å². The Hall–Kier alpha value is -11.0. The van der Waals surface area contributed by atoms with Crippen LogP contribution in [0.3, 0.4) is 0 Å². The van der Waals surface area contributed by atoms with Gasteiger partial charge in [-0.1, -0.05) is 197 Å². The van der Waals surface area contributed by atoms with Crippen LogP contribution in [0.2, 0.25) is 0 Å². The molecule has 0 fully saturated rings. The first-order valence-corrected chi connectivity index (χ1v) is 30.3. The van der Waals surface area contributed by atoms with Crippen LogP contribution in [0.4, 0.5) is 0 Å². The summed E-state index contributed by atoms with van der Waals surface area (Å²) in [4.78, 5) is 4.47. The zero-order valence-electron chi connectivity index (χ0n) is 57.1. The van der Waals surface area contributed by atoms with Gasteiger partial charge in [0.1, 0.15) is 32.3 Å². The van der Waals surface area contributed by atoms with Crippen LogP contribution in [0.15, 0.2) is 256 Å². The molecule has 0 bridgehead atoms. The van der Waals surface area contributed by atoms with Crippen LogP contribution in [-0.4, -0.2) is 4.98 Å². The van der Waals surface area contributed by atoms with E-state index in [9.17, 15) is 0 Å².